The SMILES string of the molecule is CC.CC.CC.CC.CC.CC.CC.CC(C)(C)[Si](C)(C)Oc1ccc(N)cc1.CC(C)(C)[Si](C)(C)Oc1ccc(NS(C)(=O)=O)cc1.CC(C)(C)[Si](C)(C)Oc1ccc([N+](=O)[O-])cc1.CS(=O)(=O)Cl.CS(=O)(=O)Nc1ccc(O)cc1.CS(=O)(=O)Nc1ccc(OS(=O)(=O)C(F)(F)F)cc1.O=S(=O)(OS(=O)(=O)C(F)(F)F)C(F)(F)F.O=[N+]([O-])O.O=[N+]([O-])c1ccc(O)cc1.Oc1ccccc1. The summed E-state index contributed by atoms with van der Waals surface area (Å²) < 4.78 is 280. The van der Waals surface area contributed by atoms with Gasteiger partial charge in [0.1, 0.15) is 40.2 Å². The second-order valence-electron chi connectivity index (χ2n) is 29.0. The van der Waals surface area contributed by atoms with Gasteiger partial charge in [-0.25, -0.2) is 33.7 Å². The Bertz CT molecular complexity index is 5300. The van der Waals surface area contributed by atoms with E-state index in [2.05, 4.69) is 126 Å². The lowest BCUT2D eigenvalue weighted by Crippen LogP contribution is -2.43. The summed E-state index contributed by atoms with van der Waals surface area (Å²) in [4.78, 5) is 28.0. The first-order valence-corrected chi connectivity index (χ1v) is 61.9. The number of nitro groups is 2. The van der Waals surface area contributed by atoms with Crippen molar-refractivity contribution in [2.75, 3.05) is 44.9 Å². The summed E-state index contributed by atoms with van der Waals surface area (Å²) in [7, 11) is -33.5. The first-order valence-electron chi connectivity index (χ1n) is 40.5. The topological polar surface area (TPSA) is 558 Å². The molecule has 0 aliphatic carbocycles. The van der Waals surface area contributed by atoms with Gasteiger partial charge < -0.3 is 43.7 Å². The number of phenols is 3. The third-order valence-electron chi connectivity index (χ3n) is 15.0. The Balaban J connectivity index is -0.000000164. The second-order valence-corrected chi connectivity index (χ2v) is 56.3. The van der Waals surface area contributed by atoms with E-state index in [4.69, 9.17) is 49.7 Å². The van der Waals surface area contributed by atoms with Crippen LogP contribution in [0.2, 0.25) is 54.4 Å². The fourth-order valence-corrected chi connectivity index (χ4v) is 13.0. The Morgan fingerprint density at radius 1 is 0.336 bits per heavy atom. The van der Waals surface area contributed by atoms with Crippen molar-refractivity contribution >= 4 is 139 Å². The number of nitrogen functional groups attached to an aromatic ring is 1. The molecule has 0 saturated carbocycles. The fourth-order valence-electron chi connectivity index (χ4n) is 6.23. The number of nitro benzene ring substituents is 2. The maximum Gasteiger partial charge on any atom is 0.534 e. The molecular formula is C81H137ClF9N7O29S7Si3. The average molecular weight is 2190 g/mol. The monoisotopic (exact) mass is 2190 g/mol. The second kappa shape index (κ2) is 67.5. The van der Waals surface area contributed by atoms with Crippen LogP contribution in [-0.4, -0.2) is 161 Å². The molecule has 0 atom stereocenters. The number of nitrogens with one attached hydrogen (secondary N) is 3. The number of nitrogens with two attached hydrogens (primary N) is 1. The number of hydrogen-bond acceptors (Lipinski definition) is 29. The molecule has 794 valence electrons. The zero-order valence-electron chi connectivity index (χ0n) is 82.8. The van der Waals surface area contributed by atoms with Gasteiger partial charge in [0, 0.05) is 57.7 Å². The van der Waals surface area contributed by atoms with Crippen LogP contribution >= 0.6 is 10.7 Å². The van der Waals surface area contributed by atoms with Crippen LogP contribution < -0.4 is 37.4 Å². The molecule has 56 heteroatoms. The Morgan fingerprint density at radius 2 is 0.518 bits per heavy atom. The Kier molecular flexibility index (Phi) is 72.7. The standard InChI is InChI=1S/C13H23NO3SSi.C12H19NO3Si.C12H21NOSi.C8H8F3NO5S2.C7H9NO3S.C6H5NO3.C6H6O.C2F6O5S2.7C2H6.CH3ClO2S.HNO3/c1-13(2,3)19(5,6)17-12-9-7-11(8-10-12)14-18(4,15)16;1-12(2,3)17(4,5)16-11-8-6-10(7-9-11)13(14)15;1-12(2,3)15(4,5)14-11-8-6-10(13)7-9-11;1-18(13,14)12-6-2-4-7(5-3-6)17-19(15,16)8(9,10)11;1-12(10,11)8-6-2-4-7(9)5-3-6;8-6-3-1-5(2-4-6)7(9)10;7-6-4-2-1-3-5-6;3-1(4,5)14(9,10)13-15(11,12)2(6,7)8;7*1-2;1-5(2,3)4;2-1(3)4/h7-10,14H,1-6H3;6-9H,1-5H3;6-9H,13H2,1-5H3;2-5,12H,1H3;2-5,8-9H,1H3;1-4,8H;1-5,7H;;7*1-2H3;1H3;(H,2,3,4). The fraction of sp³-hybridized carbons (Fsp3) is 0.481. The summed E-state index contributed by atoms with van der Waals surface area (Å²) in [5.41, 5.74) is -10.5. The summed E-state index contributed by atoms with van der Waals surface area (Å²) in [6, 6.07) is 44.4. The van der Waals surface area contributed by atoms with Gasteiger partial charge in [0.25, 0.3) is 16.5 Å². The van der Waals surface area contributed by atoms with E-state index in [1.807, 2.05) is 136 Å². The van der Waals surface area contributed by atoms with E-state index in [-0.39, 0.29) is 43.7 Å². The van der Waals surface area contributed by atoms with Gasteiger partial charge in [0.05, 0.1) is 34.9 Å². The molecular weight excluding hydrogens is 2050 g/mol. The van der Waals surface area contributed by atoms with Crippen molar-refractivity contribution in [1.29, 1.82) is 0 Å². The number of non-ortho nitro benzene ring substituents is 2. The molecule has 9 N–H and O–H groups in total. The normalized spacial score (nSPS) is 11.2. The van der Waals surface area contributed by atoms with Crippen molar-refractivity contribution < 1.29 is 155 Å². The van der Waals surface area contributed by atoms with Gasteiger partial charge in [0.2, 0.25) is 64.1 Å². The predicted octanol–water partition coefficient (Wildman–Crippen LogP) is 23.5. The number of rotatable bonds is 18. The molecule has 0 saturated heterocycles. The molecule has 0 aliphatic heterocycles. The molecule has 7 rings (SSSR count). The molecule has 137 heavy (non-hydrogen) atoms. The van der Waals surface area contributed by atoms with Crippen LogP contribution in [0.15, 0.2) is 176 Å². The van der Waals surface area contributed by atoms with Crippen LogP contribution in [-0.2, 0) is 73.1 Å². The summed E-state index contributed by atoms with van der Waals surface area (Å²) in [6.45, 7) is 60.8. The minimum Gasteiger partial charge on any atom is -0.544 e. The van der Waals surface area contributed by atoms with Crippen molar-refractivity contribution in [3.8, 4) is 40.2 Å². The Hall–Kier alpha value is -9.74. The van der Waals surface area contributed by atoms with Crippen molar-refractivity contribution in [3.63, 3.8) is 0 Å². The lowest BCUT2D eigenvalue weighted by Gasteiger charge is -2.36. The summed E-state index contributed by atoms with van der Waals surface area (Å²) in [6.07, 6.45) is 4.01. The van der Waals surface area contributed by atoms with Crippen molar-refractivity contribution in [3.05, 3.63) is 206 Å². The number of para-hydroxylation sites is 1. The minimum atomic E-state index is -6.85. The Labute approximate surface area is 810 Å². The molecule has 0 aromatic heterocycles. The average Bonchev–Trinajstić information content (AvgIpc) is 0.788. The number of aromatic hydroxyl groups is 3. The van der Waals surface area contributed by atoms with Gasteiger partial charge in [-0.05, 0) is 188 Å². The maximum absolute atomic E-state index is 12.0. The number of halogens is 10. The first-order chi connectivity index (χ1) is 61.7. The van der Waals surface area contributed by atoms with Gasteiger partial charge in [-0.2, -0.15) is 64.8 Å². The number of anilines is 4. The highest BCUT2D eigenvalue weighted by Gasteiger charge is 2.57. The van der Waals surface area contributed by atoms with Gasteiger partial charge >= 0.3 is 46.9 Å². The zero-order valence-corrected chi connectivity index (χ0v) is 92.3. The van der Waals surface area contributed by atoms with Crippen molar-refractivity contribution in [2.45, 2.75) is 230 Å². The van der Waals surface area contributed by atoms with Crippen LogP contribution in [0, 0.1) is 30.3 Å². The van der Waals surface area contributed by atoms with E-state index >= 15 is 0 Å². The lowest BCUT2D eigenvalue weighted by molar-refractivity contribution is -0.742. The highest BCUT2D eigenvalue weighted by molar-refractivity contribution is 8.13. The largest absolute Gasteiger partial charge is 0.544 e. The summed E-state index contributed by atoms with van der Waals surface area (Å²) in [5, 5.41) is 60.9. The van der Waals surface area contributed by atoms with Crippen molar-refractivity contribution in [1.82, 2.24) is 0 Å². The molecule has 0 amide bonds. The van der Waals surface area contributed by atoms with E-state index in [0.29, 0.717) is 22.9 Å². The van der Waals surface area contributed by atoms with E-state index in [9.17, 15) is 119 Å². The molecule has 7 aromatic rings. The maximum atomic E-state index is 12.0. The molecule has 0 spiro atoms. The number of benzene rings is 7. The number of phenolic OH excluding ortho intramolecular Hbond substituents is 3. The van der Waals surface area contributed by atoms with Gasteiger partial charge in [-0.15, -0.1) is 13.7 Å². The third kappa shape index (κ3) is 75.0. The number of alkyl halides is 9. The summed E-state index contributed by atoms with van der Waals surface area (Å²) in [5.74, 6) is 2.29. The van der Waals surface area contributed by atoms with Gasteiger partial charge in [-0.1, -0.05) is 177 Å². The van der Waals surface area contributed by atoms with E-state index in [0.717, 1.165) is 66.5 Å². The lowest BCUT2D eigenvalue weighted by atomic mass is 10.2. The van der Waals surface area contributed by atoms with Gasteiger partial charge in [-0.3, -0.25) is 34.4 Å². The minimum absolute atomic E-state index is 0.0159. The third-order valence-corrected chi connectivity index (χ3v) is 33.4. The molecule has 36 nitrogen and oxygen atoms in total. The van der Waals surface area contributed by atoms with E-state index in [1.165, 1.54) is 60.7 Å². The first kappa shape index (κ1) is 148. The quantitative estimate of drug-likeness (QED) is 0.00455. The van der Waals surface area contributed by atoms with Crippen LogP contribution in [0.4, 0.5) is 73.6 Å². The van der Waals surface area contributed by atoms with Crippen LogP contribution in [0.1, 0.15) is 159 Å². The van der Waals surface area contributed by atoms with E-state index < -0.39 is 132 Å². The summed E-state index contributed by atoms with van der Waals surface area (Å²) >= 11 is 0. The molecule has 7 aromatic carbocycles. The number of sulfonamides is 3. The number of hydrogen-bond donors (Lipinski definition) is 8. The van der Waals surface area contributed by atoms with Crippen LogP contribution in [0.3, 0.4) is 0 Å². The molecule has 0 radical (unpaired) electrons. The Morgan fingerprint density at radius 3 is 0.708 bits per heavy atom. The molecule has 0 unspecified atom stereocenters. The molecule has 0 heterocycles. The smallest absolute Gasteiger partial charge is 0.534 e. The van der Waals surface area contributed by atoms with E-state index in [1.54, 1.807) is 60.7 Å². The zero-order chi connectivity index (χ0) is 111. The molecule has 0 bridgehead atoms. The van der Waals surface area contributed by atoms with Gasteiger partial charge in [0.15, 0.2) is 0 Å². The number of nitrogens with zero attached hydrogens (tertiary/aromatic N) is 3. The predicted molar refractivity (Wildman–Crippen MR) is 532 cm³/mol. The molecule has 0 aliphatic rings. The van der Waals surface area contributed by atoms with Crippen LogP contribution in [0.25, 0.3) is 0 Å². The molecule has 0 fully saturated rings. The highest BCUT2D eigenvalue weighted by Crippen LogP contribution is 2.41. The van der Waals surface area contributed by atoms with Crippen molar-refractivity contribution in [2.24, 2.45) is 0 Å². The van der Waals surface area contributed by atoms with Crippen LogP contribution in [0.5, 0.6) is 40.2 Å². The highest BCUT2D eigenvalue weighted by atomic mass is 35.7.